The van der Waals surface area contributed by atoms with E-state index in [1.807, 2.05) is 36.4 Å². The number of anilines is 2. The predicted octanol–water partition coefficient (Wildman–Crippen LogP) is 2.79. The number of nitrogens with zero attached hydrogens (tertiary/aromatic N) is 3. The van der Waals surface area contributed by atoms with Crippen molar-refractivity contribution in [1.29, 1.82) is 0 Å². The Hall–Kier alpha value is -3.41. The maximum absolute atomic E-state index is 11.4. The first-order valence-electron chi connectivity index (χ1n) is 9.46. The molecule has 3 aromatic rings. The fourth-order valence-corrected chi connectivity index (χ4v) is 3.47. The van der Waals surface area contributed by atoms with Crippen LogP contribution in [0, 0.1) is 0 Å². The highest BCUT2D eigenvalue weighted by molar-refractivity contribution is 5.93. The van der Waals surface area contributed by atoms with Crippen molar-refractivity contribution in [3.63, 3.8) is 0 Å². The molecular formula is C22H23N5O. The fraction of sp³-hybridized carbons (Fsp3) is 0.227. The van der Waals surface area contributed by atoms with Gasteiger partial charge in [0.2, 0.25) is 11.9 Å². The van der Waals surface area contributed by atoms with E-state index in [1.54, 1.807) is 12.3 Å². The Kier molecular flexibility index (Phi) is 5.19. The summed E-state index contributed by atoms with van der Waals surface area (Å²) in [4.78, 5) is 22.8. The van der Waals surface area contributed by atoms with Gasteiger partial charge in [-0.1, -0.05) is 36.4 Å². The van der Waals surface area contributed by atoms with Gasteiger partial charge in [0.15, 0.2) is 0 Å². The standard InChI is InChI=1S/C22H23N5O/c23-21(28)19-7-6-17-9-12-27(13-10-18(17)14-19)22-24-11-8-20(26-22)25-15-16-4-2-1-3-5-16/h1-8,11,14H,9-10,12-13,15H2,(H2,23,28)(H,24,25,26). The highest BCUT2D eigenvalue weighted by Crippen LogP contribution is 2.21. The normalized spacial score (nSPS) is 13.5. The zero-order valence-electron chi connectivity index (χ0n) is 15.6. The van der Waals surface area contributed by atoms with Gasteiger partial charge in [-0.15, -0.1) is 0 Å². The number of hydrogen-bond donors (Lipinski definition) is 2. The highest BCUT2D eigenvalue weighted by atomic mass is 16.1. The van der Waals surface area contributed by atoms with Crippen LogP contribution < -0.4 is 16.0 Å². The number of carbonyl (C=O) groups is 1. The lowest BCUT2D eigenvalue weighted by molar-refractivity contribution is 0.1000. The summed E-state index contributed by atoms with van der Waals surface area (Å²) in [5, 5.41) is 3.36. The van der Waals surface area contributed by atoms with Crippen LogP contribution in [-0.4, -0.2) is 29.0 Å². The van der Waals surface area contributed by atoms with E-state index in [-0.39, 0.29) is 5.91 Å². The minimum absolute atomic E-state index is 0.385. The van der Waals surface area contributed by atoms with Crippen LogP contribution in [0.15, 0.2) is 60.8 Å². The Labute approximate surface area is 164 Å². The molecule has 3 N–H and O–H groups in total. The third-order valence-corrected chi connectivity index (χ3v) is 5.04. The molecule has 1 aliphatic rings. The number of rotatable bonds is 5. The average molecular weight is 373 g/mol. The second kappa shape index (κ2) is 8.08. The van der Waals surface area contributed by atoms with E-state index >= 15 is 0 Å². The molecule has 1 amide bonds. The molecule has 2 heterocycles. The molecule has 1 aromatic heterocycles. The van der Waals surface area contributed by atoms with E-state index in [0.717, 1.165) is 44.2 Å². The maximum atomic E-state index is 11.4. The van der Waals surface area contributed by atoms with E-state index < -0.39 is 0 Å². The molecule has 0 saturated heterocycles. The van der Waals surface area contributed by atoms with Gasteiger partial charge >= 0.3 is 0 Å². The summed E-state index contributed by atoms with van der Waals surface area (Å²) in [6.07, 6.45) is 3.51. The van der Waals surface area contributed by atoms with Gasteiger partial charge in [-0.25, -0.2) is 4.98 Å². The molecule has 0 atom stereocenters. The van der Waals surface area contributed by atoms with Crippen LogP contribution in [0.4, 0.5) is 11.8 Å². The first-order valence-corrected chi connectivity index (χ1v) is 9.46. The summed E-state index contributed by atoms with van der Waals surface area (Å²) >= 11 is 0. The Morgan fingerprint density at radius 2 is 1.82 bits per heavy atom. The number of primary amides is 1. The van der Waals surface area contributed by atoms with Gasteiger partial charge in [-0.2, -0.15) is 4.98 Å². The Balaban J connectivity index is 1.45. The lowest BCUT2D eigenvalue weighted by Gasteiger charge is -2.20. The number of nitrogens with two attached hydrogens (primary N) is 1. The number of amides is 1. The van der Waals surface area contributed by atoms with Crippen molar-refractivity contribution >= 4 is 17.7 Å². The molecule has 1 aliphatic heterocycles. The number of carbonyl (C=O) groups excluding carboxylic acids is 1. The largest absolute Gasteiger partial charge is 0.366 e. The first kappa shape index (κ1) is 18.0. The van der Waals surface area contributed by atoms with Crippen molar-refractivity contribution in [3.8, 4) is 0 Å². The topological polar surface area (TPSA) is 84.1 Å². The number of benzene rings is 2. The lowest BCUT2D eigenvalue weighted by Crippen LogP contribution is -2.28. The number of nitrogens with one attached hydrogen (secondary N) is 1. The lowest BCUT2D eigenvalue weighted by atomic mass is 10.00. The maximum Gasteiger partial charge on any atom is 0.248 e. The molecule has 6 heteroatoms. The van der Waals surface area contributed by atoms with Crippen LogP contribution in [0.1, 0.15) is 27.0 Å². The minimum atomic E-state index is -0.385. The first-order chi connectivity index (χ1) is 13.7. The van der Waals surface area contributed by atoms with Crippen molar-refractivity contribution in [3.05, 3.63) is 83.0 Å². The number of hydrogen-bond acceptors (Lipinski definition) is 5. The smallest absolute Gasteiger partial charge is 0.248 e. The van der Waals surface area contributed by atoms with E-state index in [4.69, 9.17) is 10.7 Å². The SMILES string of the molecule is NC(=O)c1ccc2c(c1)CCN(c1nccc(NCc3ccccc3)n1)CC2. The quantitative estimate of drug-likeness (QED) is 0.718. The number of aromatic nitrogens is 2. The Morgan fingerprint density at radius 1 is 1.04 bits per heavy atom. The fourth-order valence-electron chi connectivity index (χ4n) is 3.47. The number of fused-ring (bicyclic) bond motifs is 1. The zero-order chi connectivity index (χ0) is 19.3. The van der Waals surface area contributed by atoms with Gasteiger partial charge in [0.05, 0.1) is 0 Å². The molecule has 28 heavy (non-hydrogen) atoms. The Morgan fingerprint density at radius 3 is 2.61 bits per heavy atom. The summed E-state index contributed by atoms with van der Waals surface area (Å²) in [7, 11) is 0. The minimum Gasteiger partial charge on any atom is -0.366 e. The summed E-state index contributed by atoms with van der Waals surface area (Å²) in [5.41, 5.74) is 9.62. The second-order valence-corrected chi connectivity index (χ2v) is 6.92. The van der Waals surface area contributed by atoms with Crippen LogP contribution in [-0.2, 0) is 19.4 Å². The second-order valence-electron chi connectivity index (χ2n) is 6.92. The third-order valence-electron chi connectivity index (χ3n) is 5.04. The Bertz CT molecular complexity index is 974. The predicted molar refractivity (Wildman–Crippen MR) is 110 cm³/mol. The average Bonchev–Trinajstić information content (AvgIpc) is 2.95. The van der Waals surface area contributed by atoms with Crippen LogP contribution in [0.3, 0.4) is 0 Å². The van der Waals surface area contributed by atoms with Crippen molar-refractivity contribution in [2.75, 3.05) is 23.3 Å². The third kappa shape index (κ3) is 4.11. The van der Waals surface area contributed by atoms with Crippen molar-refractivity contribution in [2.24, 2.45) is 5.73 Å². The van der Waals surface area contributed by atoms with Gasteiger partial charge < -0.3 is 16.0 Å². The van der Waals surface area contributed by atoms with Crippen LogP contribution >= 0.6 is 0 Å². The highest BCUT2D eigenvalue weighted by Gasteiger charge is 2.17. The molecule has 0 bridgehead atoms. The zero-order valence-corrected chi connectivity index (χ0v) is 15.6. The van der Waals surface area contributed by atoms with Crippen LogP contribution in [0.25, 0.3) is 0 Å². The molecule has 0 unspecified atom stereocenters. The molecule has 6 nitrogen and oxygen atoms in total. The van der Waals surface area contributed by atoms with Crippen LogP contribution in [0.2, 0.25) is 0 Å². The summed E-state index contributed by atoms with van der Waals surface area (Å²) < 4.78 is 0. The van der Waals surface area contributed by atoms with E-state index in [0.29, 0.717) is 5.56 Å². The van der Waals surface area contributed by atoms with Gasteiger partial charge in [0.1, 0.15) is 5.82 Å². The van der Waals surface area contributed by atoms with Gasteiger partial charge in [0.25, 0.3) is 0 Å². The van der Waals surface area contributed by atoms with Crippen molar-refractivity contribution in [2.45, 2.75) is 19.4 Å². The van der Waals surface area contributed by atoms with Gasteiger partial charge in [0, 0.05) is 31.4 Å². The summed E-state index contributed by atoms with van der Waals surface area (Å²) in [6.45, 7) is 2.36. The van der Waals surface area contributed by atoms with Crippen LogP contribution in [0.5, 0.6) is 0 Å². The molecule has 0 spiro atoms. The van der Waals surface area contributed by atoms with Crippen molar-refractivity contribution in [1.82, 2.24) is 9.97 Å². The molecular weight excluding hydrogens is 350 g/mol. The van der Waals surface area contributed by atoms with E-state index in [9.17, 15) is 4.79 Å². The van der Waals surface area contributed by atoms with E-state index in [1.165, 1.54) is 16.7 Å². The molecule has 4 rings (SSSR count). The molecule has 0 aliphatic carbocycles. The molecule has 0 radical (unpaired) electrons. The molecule has 0 fully saturated rings. The molecule has 2 aromatic carbocycles. The van der Waals surface area contributed by atoms with Gasteiger partial charge in [-0.3, -0.25) is 4.79 Å². The summed E-state index contributed by atoms with van der Waals surface area (Å²) in [5.74, 6) is 1.15. The molecule has 142 valence electrons. The van der Waals surface area contributed by atoms with E-state index in [2.05, 4.69) is 27.3 Å². The van der Waals surface area contributed by atoms with Crippen molar-refractivity contribution < 1.29 is 4.79 Å². The monoisotopic (exact) mass is 373 g/mol. The van der Waals surface area contributed by atoms with Gasteiger partial charge in [-0.05, 0) is 47.7 Å². The molecule has 0 saturated carbocycles. The summed E-state index contributed by atoms with van der Waals surface area (Å²) in [6, 6.07) is 17.9.